The molecule has 0 aromatic heterocycles. The van der Waals surface area contributed by atoms with Gasteiger partial charge in [0.05, 0.1) is 17.8 Å². The first-order chi connectivity index (χ1) is 17.7. The predicted molar refractivity (Wildman–Crippen MR) is 145 cm³/mol. The zero-order valence-electron chi connectivity index (χ0n) is 20.4. The van der Waals surface area contributed by atoms with Gasteiger partial charge in [-0.05, 0) is 69.9 Å². The summed E-state index contributed by atoms with van der Waals surface area (Å²) in [5.74, 6) is -0.699. The third kappa shape index (κ3) is 7.77. The van der Waals surface area contributed by atoms with E-state index >= 15 is 0 Å². The maximum absolute atomic E-state index is 13.1. The SMILES string of the molecule is COc1cc(C=NNC(=O)C(NC(=O)c2ccc(F)cc2)C(C)C)cc(Br)c1OCc1ccccc1Cl. The van der Waals surface area contributed by atoms with Crippen molar-refractivity contribution >= 4 is 45.6 Å². The number of amides is 2. The smallest absolute Gasteiger partial charge is 0.262 e. The average molecular weight is 591 g/mol. The van der Waals surface area contributed by atoms with Crippen molar-refractivity contribution in [1.29, 1.82) is 0 Å². The van der Waals surface area contributed by atoms with Crippen molar-refractivity contribution < 1.29 is 23.5 Å². The monoisotopic (exact) mass is 589 g/mol. The Morgan fingerprint density at radius 2 is 1.84 bits per heavy atom. The summed E-state index contributed by atoms with van der Waals surface area (Å²) < 4.78 is 25.2. The van der Waals surface area contributed by atoms with Gasteiger partial charge in [0.1, 0.15) is 18.5 Å². The lowest BCUT2D eigenvalue weighted by atomic mass is 10.0. The molecule has 7 nitrogen and oxygen atoms in total. The highest BCUT2D eigenvalue weighted by atomic mass is 79.9. The van der Waals surface area contributed by atoms with Crippen molar-refractivity contribution in [2.75, 3.05) is 7.11 Å². The van der Waals surface area contributed by atoms with Crippen LogP contribution in [0.5, 0.6) is 11.5 Å². The highest BCUT2D eigenvalue weighted by Gasteiger charge is 2.24. The van der Waals surface area contributed by atoms with Crippen LogP contribution in [0, 0.1) is 11.7 Å². The summed E-state index contributed by atoms with van der Waals surface area (Å²) in [6.45, 7) is 3.84. The number of halogens is 3. The summed E-state index contributed by atoms with van der Waals surface area (Å²) in [7, 11) is 1.52. The summed E-state index contributed by atoms with van der Waals surface area (Å²) in [6, 6.07) is 15.1. The fraction of sp³-hybridized carbons (Fsp3) is 0.222. The number of nitrogens with zero attached hydrogens (tertiary/aromatic N) is 1. The van der Waals surface area contributed by atoms with Crippen LogP contribution < -0.4 is 20.2 Å². The number of hydrazone groups is 1. The summed E-state index contributed by atoms with van der Waals surface area (Å²) >= 11 is 9.70. The van der Waals surface area contributed by atoms with Gasteiger partial charge in [-0.1, -0.05) is 43.6 Å². The molecule has 3 rings (SSSR count). The predicted octanol–water partition coefficient (Wildman–Crippen LogP) is 5.73. The van der Waals surface area contributed by atoms with Gasteiger partial charge in [-0.3, -0.25) is 9.59 Å². The number of nitrogens with one attached hydrogen (secondary N) is 2. The summed E-state index contributed by atoms with van der Waals surface area (Å²) in [6.07, 6.45) is 1.45. The Labute approximate surface area is 228 Å². The molecule has 0 saturated heterocycles. The number of carbonyl (C=O) groups excluding carboxylic acids is 2. The Balaban J connectivity index is 1.66. The second-order valence-electron chi connectivity index (χ2n) is 8.35. The fourth-order valence-corrected chi connectivity index (χ4v) is 4.09. The quantitative estimate of drug-likeness (QED) is 0.233. The summed E-state index contributed by atoms with van der Waals surface area (Å²) in [4.78, 5) is 25.2. The van der Waals surface area contributed by atoms with Crippen LogP contribution in [0.15, 0.2) is 70.2 Å². The van der Waals surface area contributed by atoms with Gasteiger partial charge in [0.2, 0.25) is 0 Å². The van der Waals surface area contributed by atoms with Crippen LogP contribution in [0.2, 0.25) is 5.02 Å². The van der Waals surface area contributed by atoms with Gasteiger partial charge in [-0.15, -0.1) is 0 Å². The minimum atomic E-state index is -0.850. The molecule has 0 aliphatic heterocycles. The van der Waals surface area contributed by atoms with E-state index in [9.17, 15) is 14.0 Å². The molecule has 0 spiro atoms. The first-order valence-electron chi connectivity index (χ1n) is 11.3. The van der Waals surface area contributed by atoms with E-state index in [1.165, 1.54) is 37.6 Å². The van der Waals surface area contributed by atoms with E-state index < -0.39 is 23.7 Å². The van der Waals surface area contributed by atoms with Crippen LogP contribution in [0.3, 0.4) is 0 Å². The molecule has 194 valence electrons. The molecule has 3 aromatic carbocycles. The highest BCUT2D eigenvalue weighted by molar-refractivity contribution is 9.10. The van der Waals surface area contributed by atoms with Gasteiger partial charge < -0.3 is 14.8 Å². The lowest BCUT2D eigenvalue weighted by Gasteiger charge is -2.20. The standard InChI is InChI=1S/C27H26BrClFN3O4/c1-16(2)24(32-26(34)18-8-10-20(30)11-9-18)27(35)33-31-14-17-12-21(28)25(23(13-17)36-3)37-15-19-6-4-5-7-22(19)29/h4-14,16,24H,15H2,1-3H3,(H,32,34)(H,33,35). The van der Waals surface area contributed by atoms with Crippen LogP contribution in [-0.2, 0) is 11.4 Å². The molecular weight excluding hydrogens is 565 g/mol. The Morgan fingerprint density at radius 1 is 1.14 bits per heavy atom. The molecule has 37 heavy (non-hydrogen) atoms. The summed E-state index contributed by atoms with van der Waals surface area (Å²) in [5, 5.41) is 7.30. The molecule has 0 saturated carbocycles. The van der Waals surface area contributed by atoms with Crippen LogP contribution >= 0.6 is 27.5 Å². The summed E-state index contributed by atoms with van der Waals surface area (Å²) in [5.41, 5.74) is 4.17. The van der Waals surface area contributed by atoms with Crippen molar-refractivity contribution in [2.24, 2.45) is 11.0 Å². The molecule has 3 aromatic rings. The van der Waals surface area contributed by atoms with Crippen LogP contribution in [-0.4, -0.2) is 31.2 Å². The topological polar surface area (TPSA) is 89.0 Å². The first-order valence-corrected chi connectivity index (χ1v) is 12.5. The van der Waals surface area contributed by atoms with E-state index in [0.717, 1.165) is 5.56 Å². The Bertz CT molecular complexity index is 1290. The second-order valence-corrected chi connectivity index (χ2v) is 9.61. The molecule has 1 atom stereocenters. The molecule has 0 heterocycles. The molecule has 0 radical (unpaired) electrons. The second kappa shape index (κ2) is 13.2. The molecule has 2 amide bonds. The molecule has 0 bridgehead atoms. The van der Waals surface area contributed by atoms with E-state index in [1.807, 2.05) is 18.2 Å². The van der Waals surface area contributed by atoms with E-state index in [4.69, 9.17) is 21.1 Å². The van der Waals surface area contributed by atoms with E-state index in [-0.39, 0.29) is 18.1 Å². The first kappa shape index (κ1) is 28.1. The lowest BCUT2D eigenvalue weighted by Crippen LogP contribution is -2.48. The van der Waals surface area contributed by atoms with Gasteiger partial charge in [-0.2, -0.15) is 5.10 Å². The van der Waals surface area contributed by atoms with Gasteiger partial charge in [0.25, 0.3) is 11.8 Å². The lowest BCUT2D eigenvalue weighted by molar-refractivity contribution is -0.123. The van der Waals surface area contributed by atoms with Crippen molar-refractivity contribution in [3.8, 4) is 11.5 Å². The zero-order valence-corrected chi connectivity index (χ0v) is 22.8. The maximum atomic E-state index is 13.1. The molecule has 0 fully saturated rings. The molecule has 0 aliphatic rings. The number of carbonyl (C=O) groups is 2. The number of rotatable bonds is 10. The van der Waals surface area contributed by atoms with Gasteiger partial charge in [-0.25, -0.2) is 9.82 Å². The minimum absolute atomic E-state index is 0.219. The Hall–Kier alpha value is -3.43. The van der Waals surface area contributed by atoms with Crippen LogP contribution in [0.1, 0.15) is 35.3 Å². The zero-order chi connectivity index (χ0) is 26.9. The normalized spacial score (nSPS) is 11.9. The largest absolute Gasteiger partial charge is 0.493 e. The number of methoxy groups -OCH3 is 1. The van der Waals surface area contributed by atoms with E-state index in [2.05, 4.69) is 31.8 Å². The van der Waals surface area contributed by atoms with Gasteiger partial charge in [0.15, 0.2) is 11.5 Å². The number of benzene rings is 3. The van der Waals surface area contributed by atoms with Gasteiger partial charge in [0, 0.05) is 16.1 Å². The number of ether oxygens (including phenoxy) is 2. The van der Waals surface area contributed by atoms with Gasteiger partial charge >= 0.3 is 0 Å². The number of hydrogen-bond acceptors (Lipinski definition) is 5. The fourth-order valence-electron chi connectivity index (χ4n) is 3.32. The third-order valence-corrected chi connectivity index (χ3v) is 6.27. The Kier molecular flexibility index (Phi) is 10.0. The van der Waals surface area contributed by atoms with Crippen LogP contribution in [0.25, 0.3) is 0 Å². The highest BCUT2D eigenvalue weighted by Crippen LogP contribution is 2.37. The average Bonchev–Trinajstić information content (AvgIpc) is 2.87. The molecule has 1 unspecified atom stereocenters. The van der Waals surface area contributed by atoms with Crippen molar-refractivity contribution in [1.82, 2.24) is 10.7 Å². The van der Waals surface area contributed by atoms with E-state index in [1.54, 1.807) is 32.0 Å². The number of hydrogen-bond donors (Lipinski definition) is 2. The molecule has 10 heteroatoms. The molecule has 0 aliphatic carbocycles. The van der Waals surface area contributed by atoms with Crippen LogP contribution in [0.4, 0.5) is 4.39 Å². The Morgan fingerprint density at radius 3 is 2.49 bits per heavy atom. The molecular formula is C27H26BrClFN3O4. The maximum Gasteiger partial charge on any atom is 0.262 e. The third-order valence-electron chi connectivity index (χ3n) is 5.31. The van der Waals surface area contributed by atoms with E-state index in [0.29, 0.717) is 26.6 Å². The van der Waals surface area contributed by atoms with Crippen molar-refractivity contribution in [3.05, 3.63) is 92.7 Å². The molecule has 2 N–H and O–H groups in total. The van der Waals surface area contributed by atoms with Crippen molar-refractivity contribution in [3.63, 3.8) is 0 Å². The minimum Gasteiger partial charge on any atom is -0.493 e. The van der Waals surface area contributed by atoms with Crippen molar-refractivity contribution in [2.45, 2.75) is 26.5 Å².